The van der Waals surface area contributed by atoms with Gasteiger partial charge in [-0.25, -0.2) is 18.1 Å². The monoisotopic (exact) mass is 436 g/mol. The van der Waals surface area contributed by atoms with Crippen molar-refractivity contribution in [2.75, 3.05) is 11.9 Å². The number of aromatic nitrogens is 2. The molecule has 1 aromatic carbocycles. The summed E-state index contributed by atoms with van der Waals surface area (Å²) >= 11 is 0. The maximum Gasteiger partial charge on any atom is 0.307 e. The van der Waals surface area contributed by atoms with Gasteiger partial charge in [0.05, 0.1) is 6.42 Å². The first-order valence-electron chi connectivity index (χ1n) is 9.48. The van der Waals surface area contributed by atoms with Crippen molar-refractivity contribution in [1.29, 1.82) is 0 Å². The molecule has 2 rings (SSSR count). The number of imidazole rings is 1. The Balaban J connectivity index is 1.86. The third-order valence-electron chi connectivity index (χ3n) is 4.59. The normalized spacial score (nSPS) is 12.5. The van der Waals surface area contributed by atoms with Crippen LogP contribution in [0.15, 0.2) is 23.4 Å². The predicted octanol–water partition coefficient (Wildman–Crippen LogP) is 1.89. The van der Waals surface area contributed by atoms with Gasteiger partial charge in [0, 0.05) is 25.5 Å². The fourth-order valence-electron chi connectivity index (χ4n) is 2.93. The highest BCUT2D eigenvalue weighted by atomic mass is 32.2. The number of esters is 1. The lowest BCUT2D eigenvalue weighted by Crippen LogP contribution is -2.32. The molecule has 0 saturated heterocycles. The summed E-state index contributed by atoms with van der Waals surface area (Å²) in [5.74, 6) is -0.591. The van der Waals surface area contributed by atoms with Gasteiger partial charge in [0.15, 0.2) is 11.1 Å². The molecule has 0 fully saturated rings. The van der Waals surface area contributed by atoms with Crippen LogP contribution in [0, 0.1) is 27.7 Å². The van der Waals surface area contributed by atoms with Crippen LogP contribution in [0.3, 0.4) is 0 Å². The number of carbonyl (C=O) groups is 2. The molecule has 30 heavy (non-hydrogen) atoms. The van der Waals surface area contributed by atoms with Gasteiger partial charge in [0.2, 0.25) is 0 Å². The van der Waals surface area contributed by atoms with Crippen LogP contribution in [0.4, 0.5) is 5.69 Å². The van der Waals surface area contributed by atoms with E-state index in [1.165, 1.54) is 13.1 Å². The molecule has 0 bridgehead atoms. The van der Waals surface area contributed by atoms with Gasteiger partial charge in [0.1, 0.15) is 5.82 Å². The SMILES string of the molecule is Cc1cc(C)c(NC(=O)C(C)OC(=O)CCNS(=O)(=O)c2cn(C)c(C)n2)c(C)c1. The first-order chi connectivity index (χ1) is 13.9. The number of benzene rings is 1. The topological polar surface area (TPSA) is 119 Å². The Kier molecular flexibility index (Phi) is 7.38. The molecule has 0 aliphatic carbocycles. The van der Waals surface area contributed by atoms with Crippen LogP contribution < -0.4 is 10.0 Å². The summed E-state index contributed by atoms with van der Waals surface area (Å²) in [6, 6.07) is 3.91. The zero-order valence-corrected chi connectivity index (χ0v) is 18.9. The van der Waals surface area contributed by atoms with Crippen LogP contribution >= 0.6 is 0 Å². The van der Waals surface area contributed by atoms with Crippen molar-refractivity contribution in [2.45, 2.75) is 52.2 Å². The number of sulfonamides is 1. The Bertz CT molecular complexity index is 1020. The number of anilines is 1. The van der Waals surface area contributed by atoms with Crippen molar-refractivity contribution in [2.24, 2.45) is 7.05 Å². The average Bonchev–Trinajstić information content (AvgIpc) is 2.97. The molecule has 164 valence electrons. The number of rotatable bonds is 8. The van der Waals surface area contributed by atoms with E-state index in [4.69, 9.17) is 4.74 Å². The second-order valence-corrected chi connectivity index (χ2v) is 8.99. The van der Waals surface area contributed by atoms with Crippen molar-refractivity contribution < 1.29 is 22.7 Å². The van der Waals surface area contributed by atoms with Crippen LogP contribution in [0.5, 0.6) is 0 Å². The van der Waals surface area contributed by atoms with E-state index >= 15 is 0 Å². The second-order valence-electron chi connectivity index (χ2n) is 7.28. The van der Waals surface area contributed by atoms with Crippen LogP contribution in [0.1, 0.15) is 35.9 Å². The molecule has 10 heteroatoms. The van der Waals surface area contributed by atoms with Crippen LogP contribution in [-0.4, -0.2) is 42.5 Å². The summed E-state index contributed by atoms with van der Waals surface area (Å²) in [6.45, 7) is 8.73. The minimum atomic E-state index is -3.83. The number of hydrogen-bond donors (Lipinski definition) is 2. The smallest absolute Gasteiger partial charge is 0.307 e. The van der Waals surface area contributed by atoms with E-state index in [2.05, 4.69) is 15.0 Å². The highest BCUT2D eigenvalue weighted by Crippen LogP contribution is 2.22. The van der Waals surface area contributed by atoms with Gasteiger partial charge in [-0.15, -0.1) is 0 Å². The fourth-order valence-corrected chi connectivity index (χ4v) is 4.00. The summed E-state index contributed by atoms with van der Waals surface area (Å²) in [7, 11) is -2.14. The molecule has 2 N–H and O–H groups in total. The Hall–Kier alpha value is -2.72. The van der Waals surface area contributed by atoms with E-state index in [9.17, 15) is 18.0 Å². The molecule has 0 saturated carbocycles. The minimum Gasteiger partial charge on any atom is -0.452 e. The third kappa shape index (κ3) is 5.90. The van der Waals surface area contributed by atoms with E-state index in [-0.39, 0.29) is 18.0 Å². The van der Waals surface area contributed by atoms with Gasteiger partial charge in [0.25, 0.3) is 15.9 Å². The van der Waals surface area contributed by atoms with Crippen molar-refractivity contribution in [3.05, 3.63) is 40.8 Å². The largest absolute Gasteiger partial charge is 0.452 e. The maximum atomic E-state index is 12.4. The first kappa shape index (κ1) is 23.6. The van der Waals surface area contributed by atoms with Crippen LogP contribution in [-0.2, 0) is 31.4 Å². The van der Waals surface area contributed by atoms with Crippen molar-refractivity contribution in [3.8, 4) is 0 Å². The zero-order chi connectivity index (χ0) is 22.6. The van der Waals surface area contributed by atoms with E-state index < -0.39 is 28.0 Å². The summed E-state index contributed by atoms with van der Waals surface area (Å²) in [5.41, 5.74) is 3.61. The van der Waals surface area contributed by atoms with Crippen molar-refractivity contribution >= 4 is 27.6 Å². The average molecular weight is 437 g/mol. The van der Waals surface area contributed by atoms with Crippen molar-refractivity contribution in [1.82, 2.24) is 14.3 Å². The highest BCUT2D eigenvalue weighted by molar-refractivity contribution is 7.89. The van der Waals surface area contributed by atoms with E-state index in [1.54, 1.807) is 18.5 Å². The number of ether oxygens (including phenoxy) is 1. The molecule has 1 unspecified atom stereocenters. The molecular weight excluding hydrogens is 408 g/mol. The number of aryl methyl sites for hydroxylation is 5. The number of nitrogens with one attached hydrogen (secondary N) is 2. The van der Waals surface area contributed by atoms with Crippen LogP contribution in [0.25, 0.3) is 0 Å². The zero-order valence-electron chi connectivity index (χ0n) is 18.1. The lowest BCUT2D eigenvalue weighted by Gasteiger charge is -2.17. The first-order valence-corrected chi connectivity index (χ1v) is 11.0. The van der Waals surface area contributed by atoms with Gasteiger partial charge in [-0.05, 0) is 45.7 Å². The Morgan fingerprint density at radius 2 is 1.77 bits per heavy atom. The van der Waals surface area contributed by atoms with E-state index in [1.807, 2.05) is 32.9 Å². The molecule has 0 aliphatic rings. The van der Waals surface area contributed by atoms with Gasteiger partial charge in [-0.3, -0.25) is 9.59 Å². The summed E-state index contributed by atoms with van der Waals surface area (Å²) in [4.78, 5) is 28.3. The van der Waals surface area contributed by atoms with Crippen LogP contribution in [0.2, 0.25) is 0 Å². The van der Waals surface area contributed by atoms with E-state index in [0.717, 1.165) is 16.7 Å². The minimum absolute atomic E-state index is 0.118. The number of hydrogen-bond acceptors (Lipinski definition) is 6. The molecule has 1 atom stereocenters. The van der Waals surface area contributed by atoms with Gasteiger partial charge < -0.3 is 14.6 Å². The fraction of sp³-hybridized carbons (Fsp3) is 0.450. The van der Waals surface area contributed by atoms with Crippen molar-refractivity contribution in [3.63, 3.8) is 0 Å². The quantitative estimate of drug-likeness (QED) is 0.610. The Morgan fingerprint density at radius 1 is 1.17 bits per heavy atom. The molecule has 0 aliphatic heterocycles. The number of amides is 1. The maximum absolute atomic E-state index is 12.4. The van der Waals surface area contributed by atoms with Gasteiger partial charge >= 0.3 is 5.97 Å². The molecule has 1 aromatic heterocycles. The Morgan fingerprint density at radius 3 is 2.30 bits per heavy atom. The molecule has 0 radical (unpaired) electrons. The molecule has 2 aromatic rings. The summed E-state index contributed by atoms with van der Waals surface area (Å²) in [5, 5.41) is 2.66. The second kappa shape index (κ2) is 9.40. The molecular formula is C20H28N4O5S. The van der Waals surface area contributed by atoms with Gasteiger partial charge in [-0.1, -0.05) is 17.7 Å². The highest BCUT2D eigenvalue weighted by Gasteiger charge is 2.21. The summed E-state index contributed by atoms with van der Waals surface area (Å²) in [6.07, 6.45) is 0.149. The third-order valence-corrected chi connectivity index (χ3v) is 5.92. The molecule has 1 amide bonds. The standard InChI is InChI=1S/C20H28N4O5S/c1-12-9-13(2)19(14(3)10-12)23-20(26)15(4)29-18(25)7-8-21-30(27,28)17-11-24(6)16(5)22-17/h9-11,15,21H,7-8H2,1-6H3,(H,23,26). The molecule has 1 heterocycles. The number of carbonyl (C=O) groups excluding carboxylic acids is 2. The molecule has 9 nitrogen and oxygen atoms in total. The van der Waals surface area contributed by atoms with E-state index in [0.29, 0.717) is 11.5 Å². The van der Waals surface area contributed by atoms with Gasteiger partial charge in [-0.2, -0.15) is 0 Å². The number of nitrogens with zero attached hydrogens (tertiary/aromatic N) is 2. The summed E-state index contributed by atoms with van der Waals surface area (Å²) < 4.78 is 33.4. The predicted molar refractivity (Wildman–Crippen MR) is 113 cm³/mol. The lowest BCUT2D eigenvalue weighted by molar-refractivity contribution is -0.152. The lowest BCUT2D eigenvalue weighted by atomic mass is 10.0. The Labute approximate surface area is 176 Å². The molecule has 0 spiro atoms.